The lowest BCUT2D eigenvalue weighted by molar-refractivity contribution is -0.143. The predicted octanol–water partition coefficient (Wildman–Crippen LogP) is 3.84. The monoisotopic (exact) mass is 312 g/mol. The van der Waals surface area contributed by atoms with E-state index in [0.29, 0.717) is 25.0 Å². The summed E-state index contributed by atoms with van der Waals surface area (Å²) in [6, 6.07) is 13.7. The Balaban J connectivity index is 1.90. The number of hydrogen-bond donors (Lipinski definition) is 1. The topological polar surface area (TPSA) is 63.6 Å². The minimum Gasteiger partial charge on any atom is -0.493 e. The third-order valence-electron chi connectivity index (χ3n) is 3.66. The molecule has 0 saturated carbocycles. The van der Waals surface area contributed by atoms with Gasteiger partial charge in [0.15, 0.2) is 0 Å². The number of allylic oxidation sites excluding steroid dienone is 2. The van der Waals surface area contributed by atoms with Gasteiger partial charge in [-0.25, -0.2) is 0 Å². The van der Waals surface area contributed by atoms with Crippen molar-refractivity contribution in [3.05, 3.63) is 54.6 Å². The van der Waals surface area contributed by atoms with Crippen LogP contribution in [0.2, 0.25) is 0 Å². The van der Waals surface area contributed by atoms with E-state index in [9.17, 15) is 14.7 Å². The number of rotatable bonds is 9. The molecule has 4 heteroatoms. The molecule has 0 radical (unpaired) electrons. The van der Waals surface area contributed by atoms with Gasteiger partial charge in [-0.1, -0.05) is 36.4 Å². The maximum absolute atomic E-state index is 11.3. The summed E-state index contributed by atoms with van der Waals surface area (Å²) in [7, 11) is 0. The van der Waals surface area contributed by atoms with Crippen molar-refractivity contribution in [1.82, 2.24) is 0 Å². The van der Waals surface area contributed by atoms with E-state index in [1.54, 1.807) is 6.08 Å². The van der Waals surface area contributed by atoms with E-state index in [-0.39, 0.29) is 6.61 Å². The summed E-state index contributed by atoms with van der Waals surface area (Å²) in [5.41, 5.74) is 0. The van der Waals surface area contributed by atoms with Crippen LogP contribution in [0.15, 0.2) is 54.6 Å². The van der Waals surface area contributed by atoms with E-state index in [1.165, 1.54) is 6.08 Å². The highest BCUT2D eigenvalue weighted by Crippen LogP contribution is 2.21. The van der Waals surface area contributed by atoms with Gasteiger partial charge in [0, 0.05) is 0 Å². The van der Waals surface area contributed by atoms with E-state index in [2.05, 4.69) is 0 Å². The van der Waals surface area contributed by atoms with Crippen LogP contribution in [-0.4, -0.2) is 24.0 Å². The Morgan fingerprint density at radius 3 is 2.70 bits per heavy atom. The molecule has 4 nitrogen and oxygen atoms in total. The molecular weight excluding hydrogens is 292 g/mol. The van der Waals surface area contributed by atoms with Crippen molar-refractivity contribution < 1.29 is 19.4 Å². The van der Waals surface area contributed by atoms with E-state index in [1.807, 2.05) is 42.5 Å². The van der Waals surface area contributed by atoms with Gasteiger partial charge in [0.2, 0.25) is 0 Å². The molecule has 23 heavy (non-hydrogen) atoms. The second-order valence-corrected chi connectivity index (χ2v) is 5.35. The zero-order chi connectivity index (χ0) is 16.5. The quantitative estimate of drug-likeness (QED) is 0.434. The van der Waals surface area contributed by atoms with Crippen molar-refractivity contribution in [3.8, 4) is 5.75 Å². The summed E-state index contributed by atoms with van der Waals surface area (Å²) in [4.78, 5) is 21.5. The van der Waals surface area contributed by atoms with E-state index in [4.69, 9.17) is 4.74 Å². The highest BCUT2D eigenvalue weighted by molar-refractivity contribution is 5.83. The highest BCUT2D eigenvalue weighted by atomic mass is 16.5. The maximum atomic E-state index is 11.3. The van der Waals surface area contributed by atoms with Crippen LogP contribution >= 0.6 is 0 Å². The number of ether oxygens (including phenoxy) is 1. The number of fused-ring (bicyclic) bond motifs is 1. The van der Waals surface area contributed by atoms with Crippen LogP contribution < -0.4 is 4.74 Å². The van der Waals surface area contributed by atoms with Crippen molar-refractivity contribution >= 4 is 23.0 Å². The average molecular weight is 312 g/mol. The fourth-order valence-corrected chi connectivity index (χ4v) is 2.37. The number of carbonyl (C=O) groups excluding carboxylic acids is 1. The fourth-order valence-electron chi connectivity index (χ4n) is 2.37. The van der Waals surface area contributed by atoms with E-state index < -0.39 is 11.9 Å². The normalized spacial score (nSPS) is 12.3. The Labute approximate surface area is 135 Å². The zero-order valence-electron chi connectivity index (χ0n) is 12.9. The van der Waals surface area contributed by atoms with Gasteiger partial charge >= 0.3 is 5.97 Å². The fraction of sp³-hybridized carbons (Fsp3) is 0.263. The number of hydrogen-bond acceptors (Lipinski definition) is 3. The first kappa shape index (κ1) is 16.7. The molecular formula is C19H20O4. The van der Waals surface area contributed by atoms with Crippen LogP contribution in [0.3, 0.4) is 0 Å². The predicted molar refractivity (Wildman–Crippen MR) is 89.6 cm³/mol. The standard InChI is InChI=1S/C19H20O4/c20-12-6-2-1-3-9-17(19(21)22)14-23-18-11-10-15-7-4-5-8-16(15)13-18/h2,4-8,10-13,17H,1,3,9,14H2,(H,21,22). The smallest absolute Gasteiger partial charge is 0.309 e. The van der Waals surface area contributed by atoms with Gasteiger partial charge in [0.1, 0.15) is 18.6 Å². The first-order valence-corrected chi connectivity index (χ1v) is 7.65. The summed E-state index contributed by atoms with van der Waals surface area (Å²) in [5.74, 6) is -0.730. The Bertz CT molecular complexity index is 691. The lowest BCUT2D eigenvalue weighted by Crippen LogP contribution is -2.21. The Hall–Kier alpha value is -2.62. The van der Waals surface area contributed by atoms with E-state index in [0.717, 1.165) is 17.1 Å². The molecule has 0 aliphatic heterocycles. The molecule has 1 atom stereocenters. The molecule has 120 valence electrons. The van der Waals surface area contributed by atoms with Crippen molar-refractivity contribution in [1.29, 1.82) is 0 Å². The van der Waals surface area contributed by atoms with Gasteiger partial charge in [0.05, 0.1) is 5.92 Å². The Morgan fingerprint density at radius 1 is 1.17 bits per heavy atom. The zero-order valence-corrected chi connectivity index (χ0v) is 12.9. The van der Waals surface area contributed by atoms with Gasteiger partial charge in [-0.05, 0) is 48.2 Å². The number of benzene rings is 2. The molecule has 0 bridgehead atoms. The maximum Gasteiger partial charge on any atom is 0.309 e. The first-order chi connectivity index (χ1) is 11.2. The summed E-state index contributed by atoms with van der Waals surface area (Å²) < 4.78 is 5.66. The average Bonchev–Trinajstić information content (AvgIpc) is 2.57. The Morgan fingerprint density at radius 2 is 1.96 bits per heavy atom. The second kappa shape index (κ2) is 8.73. The third-order valence-corrected chi connectivity index (χ3v) is 3.66. The lowest BCUT2D eigenvalue weighted by Gasteiger charge is -2.13. The molecule has 2 aromatic carbocycles. The van der Waals surface area contributed by atoms with Gasteiger partial charge in [-0.2, -0.15) is 0 Å². The molecule has 0 aliphatic rings. The largest absolute Gasteiger partial charge is 0.493 e. The van der Waals surface area contributed by atoms with Crippen molar-refractivity contribution in [3.63, 3.8) is 0 Å². The third kappa shape index (κ3) is 5.25. The second-order valence-electron chi connectivity index (χ2n) is 5.35. The van der Waals surface area contributed by atoms with Crippen LogP contribution in [0.1, 0.15) is 19.3 Å². The first-order valence-electron chi connectivity index (χ1n) is 7.65. The van der Waals surface area contributed by atoms with Crippen LogP contribution in [0.4, 0.5) is 0 Å². The molecule has 0 amide bonds. The molecule has 0 aliphatic carbocycles. The van der Waals surface area contributed by atoms with Crippen LogP contribution in [0.5, 0.6) is 5.75 Å². The molecule has 2 aromatic rings. The molecule has 0 heterocycles. The minimum absolute atomic E-state index is 0.144. The summed E-state index contributed by atoms with van der Waals surface area (Å²) >= 11 is 0. The summed E-state index contributed by atoms with van der Waals surface area (Å²) in [6.07, 6.45) is 5.82. The lowest BCUT2D eigenvalue weighted by atomic mass is 10.0. The number of carboxylic acids is 1. The molecule has 1 N–H and O–H groups in total. The van der Waals surface area contributed by atoms with Crippen molar-refractivity contribution in [2.75, 3.05) is 6.61 Å². The molecule has 0 spiro atoms. The number of aliphatic carboxylic acids is 1. The van der Waals surface area contributed by atoms with Crippen LogP contribution in [0, 0.1) is 5.92 Å². The van der Waals surface area contributed by atoms with Gasteiger partial charge in [0.25, 0.3) is 0 Å². The molecule has 0 saturated heterocycles. The molecule has 1 unspecified atom stereocenters. The van der Waals surface area contributed by atoms with Gasteiger partial charge < -0.3 is 9.84 Å². The molecule has 0 aromatic heterocycles. The van der Waals surface area contributed by atoms with Gasteiger partial charge in [-0.3, -0.25) is 9.59 Å². The van der Waals surface area contributed by atoms with Crippen molar-refractivity contribution in [2.24, 2.45) is 5.92 Å². The number of unbranched alkanes of at least 4 members (excludes halogenated alkanes) is 1. The number of carbonyl (C=O) groups is 2. The minimum atomic E-state index is -0.856. The Kier molecular flexibility index (Phi) is 6.36. The summed E-state index contributed by atoms with van der Waals surface area (Å²) in [6.45, 7) is 0.144. The van der Waals surface area contributed by atoms with Crippen LogP contribution in [-0.2, 0) is 9.59 Å². The highest BCUT2D eigenvalue weighted by Gasteiger charge is 2.17. The van der Waals surface area contributed by atoms with E-state index >= 15 is 0 Å². The van der Waals surface area contributed by atoms with Gasteiger partial charge in [-0.15, -0.1) is 0 Å². The molecule has 2 rings (SSSR count). The number of carboxylic acid groups (broad SMARTS) is 1. The molecule has 0 fully saturated rings. The van der Waals surface area contributed by atoms with Crippen LogP contribution in [0.25, 0.3) is 10.8 Å². The SMILES string of the molecule is O=CC=CCCCC(COc1ccc2ccccc2c1)C(=O)O. The number of aldehydes is 1. The summed E-state index contributed by atoms with van der Waals surface area (Å²) in [5, 5.41) is 11.5. The van der Waals surface area contributed by atoms with Crippen molar-refractivity contribution in [2.45, 2.75) is 19.3 Å².